The topological polar surface area (TPSA) is 92.7 Å². The lowest BCUT2D eigenvalue weighted by molar-refractivity contribution is -0.754. The number of aryl methyl sites for hydroxylation is 2. The number of ketones is 2. The molecule has 0 fully saturated rings. The summed E-state index contributed by atoms with van der Waals surface area (Å²) in [6.07, 6.45) is 8.21. The van der Waals surface area contributed by atoms with Crippen LogP contribution in [-0.4, -0.2) is 28.4 Å². The maximum absolute atomic E-state index is 12.9. The number of nitrogens with two attached hydrogens (primary N) is 1. The molecular formula is C19H33N4O2+. The normalized spacial score (nSPS) is 29.2. The number of aromatic nitrogens is 3. The molecule has 1 aromatic heterocycles. The predicted octanol–water partition coefficient (Wildman–Crippen LogP) is 2.11. The van der Waals surface area contributed by atoms with E-state index >= 15 is 0 Å². The number of fused-ring (bicyclic) bond motifs is 2. The van der Waals surface area contributed by atoms with Crippen LogP contribution in [0.1, 0.15) is 71.4 Å². The maximum atomic E-state index is 12.9. The molecule has 140 valence electrons. The summed E-state index contributed by atoms with van der Waals surface area (Å²) in [5.41, 5.74) is 5.75. The lowest BCUT2D eigenvalue weighted by Gasteiger charge is -2.31. The summed E-state index contributed by atoms with van der Waals surface area (Å²) < 4.78 is 1.99. The van der Waals surface area contributed by atoms with Crippen molar-refractivity contribution in [2.24, 2.45) is 16.6 Å². The van der Waals surface area contributed by atoms with E-state index in [1.165, 1.54) is 0 Å². The highest BCUT2D eigenvalue weighted by Crippen LogP contribution is 2.36. The van der Waals surface area contributed by atoms with E-state index in [2.05, 4.69) is 24.2 Å². The fraction of sp³-hybridized carbons (Fsp3) is 0.789. The van der Waals surface area contributed by atoms with Crippen molar-refractivity contribution in [3.05, 3.63) is 11.9 Å². The molecule has 0 radical (unpaired) electrons. The summed E-state index contributed by atoms with van der Waals surface area (Å²) in [6, 6.07) is 0. The van der Waals surface area contributed by atoms with Gasteiger partial charge in [-0.3, -0.25) is 9.59 Å². The minimum absolute atomic E-state index is 0.0241. The summed E-state index contributed by atoms with van der Waals surface area (Å²) in [4.78, 5) is 25.3. The number of hydrogen-bond acceptors (Lipinski definition) is 4. The lowest BCUT2D eigenvalue weighted by atomic mass is 9.72. The second kappa shape index (κ2) is 8.21. The third-order valence-electron chi connectivity index (χ3n) is 6.15. The van der Waals surface area contributed by atoms with Crippen molar-refractivity contribution in [3.8, 4) is 0 Å². The first kappa shape index (κ1) is 19.8. The van der Waals surface area contributed by atoms with Crippen molar-refractivity contribution in [1.29, 1.82) is 0 Å². The van der Waals surface area contributed by atoms with Crippen LogP contribution >= 0.6 is 0 Å². The van der Waals surface area contributed by atoms with E-state index in [0.29, 0.717) is 25.7 Å². The highest BCUT2D eigenvalue weighted by atomic mass is 16.1. The largest absolute Gasteiger partial charge is 0.324 e. The van der Waals surface area contributed by atoms with Gasteiger partial charge in [0.05, 0.1) is 6.54 Å². The van der Waals surface area contributed by atoms with Gasteiger partial charge in [-0.05, 0) is 38.5 Å². The fourth-order valence-corrected chi connectivity index (χ4v) is 3.66. The predicted molar refractivity (Wildman–Crippen MR) is 95.8 cm³/mol. The molecule has 2 heterocycles. The Labute approximate surface area is 150 Å². The number of rotatable bonds is 3. The van der Waals surface area contributed by atoms with Crippen LogP contribution < -0.4 is 10.4 Å². The van der Waals surface area contributed by atoms with Crippen LogP contribution in [-0.2, 0) is 22.6 Å². The molecular weight excluding hydrogens is 316 g/mol. The second-order valence-corrected chi connectivity index (χ2v) is 8.01. The van der Waals surface area contributed by atoms with Gasteiger partial charge >= 0.3 is 0 Å². The molecule has 0 spiro atoms. The van der Waals surface area contributed by atoms with Crippen molar-refractivity contribution in [2.45, 2.75) is 78.7 Å². The average molecular weight is 349 g/mol. The monoisotopic (exact) mass is 349 g/mol. The summed E-state index contributed by atoms with van der Waals surface area (Å²) in [6.45, 7) is 7.01. The zero-order valence-corrected chi connectivity index (χ0v) is 15.9. The molecule has 0 saturated carbocycles. The van der Waals surface area contributed by atoms with E-state index in [1.54, 1.807) is 0 Å². The first-order valence-electron chi connectivity index (χ1n) is 9.53. The smallest absolute Gasteiger partial charge is 0.218 e. The maximum Gasteiger partial charge on any atom is 0.218 e. The zero-order chi connectivity index (χ0) is 18.5. The third kappa shape index (κ3) is 4.75. The number of carbonyl (C=O) groups is 2. The second-order valence-electron chi connectivity index (χ2n) is 8.01. The van der Waals surface area contributed by atoms with Crippen LogP contribution in [0.5, 0.6) is 0 Å². The first-order chi connectivity index (χ1) is 11.8. The molecule has 3 N–H and O–H groups in total. The Balaban J connectivity index is 2.24. The molecule has 0 amide bonds. The molecule has 2 atom stereocenters. The van der Waals surface area contributed by atoms with E-state index in [9.17, 15) is 9.59 Å². The van der Waals surface area contributed by atoms with E-state index in [4.69, 9.17) is 5.73 Å². The molecule has 1 aliphatic rings. The molecule has 0 saturated heterocycles. The molecule has 0 aromatic carbocycles. The van der Waals surface area contributed by atoms with Crippen LogP contribution in [0.25, 0.3) is 0 Å². The number of Topliss-reactive ketones (excluding diaryl/α,β-unsaturated/α-hetero) is 2. The fourth-order valence-electron chi connectivity index (χ4n) is 3.66. The minimum Gasteiger partial charge on any atom is -0.324 e. The van der Waals surface area contributed by atoms with E-state index in [-0.39, 0.29) is 23.5 Å². The highest BCUT2D eigenvalue weighted by Gasteiger charge is 2.36. The van der Waals surface area contributed by atoms with Crippen LogP contribution in [0, 0.1) is 10.8 Å². The summed E-state index contributed by atoms with van der Waals surface area (Å²) >= 11 is 0. The van der Waals surface area contributed by atoms with Gasteiger partial charge in [0.15, 0.2) is 12.0 Å². The lowest BCUT2D eigenvalue weighted by Crippen LogP contribution is -2.37. The Bertz CT molecular complexity index is 612. The van der Waals surface area contributed by atoms with Gasteiger partial charge < -0.3 is 5.73 Å². The Morgan fingerprint density at radius 2 is 2.00 bits per heavy atom. The molecule has 25 heavy (non-hydrogen) atoms. The Hall–Kier alpha value is -1.56. The number of hydrogen-bond donors (Lipinski definition) is 2. The van der Waals surface area contributed by atoms with Crippen LogP contribution in [0.3, 0.4) is 0 Å². The van der Waals surface area contributed by atoms with Crippen LogP contribution in [0.2, 0.25) is 0 Å². The number of nitrogens with zero attached hydrogens (tertiary/aromatic N) is 2. The number of carbonyl (C=O) groups excluding carboxylic acids is 2. The molecule has 0 aliphatic carbocycles. The van der Waals surface area contributed by atoms with E-state index in [1.807, 2.05) is 17.8 Å². The van der Waals surface area contributed by atoms with Crippen molar-refractivity contribution in [1.82, 2.24) is 10.3 Å². The van der Waals surface area contributed by atoms with Gasteiger partial charge in [-0.15, -0.1) is 0 Å². The number of aromatic amines is 1. The van der Waals surface area contributed by atoms with Gasteiger partial charge in [-0.2, -0.15) is 4.68 Å². The Morgan fingerprint density at radius 1 is 1.28 bits per heavy atom. The number of H-pyrrole nitrogens is 1. The molecule has 1 aliphatic heterocycles. The molecule has 2 rings (SSSR count). The van der Waals surface area contributed by atoms with Crippen LogP contribution in [0.4, 0.5) is 0 Å². The van der Waals surface area contributed by atoms with Crippen molar-refractivity contribution >= 4 is 11.6 Å². The summed E-state index contributed by atoms with van der Waals surface area (Å²) in [5.74, 6) is 0.322. The van der Waals surface area contributed by atoms with Gasteiger partial charge in [0, 0.05) is 28.8 Å². The molecule has 0 unspecified atom stereocenters. The summed E-state index contributed by atoms with van der Waals surface area (Å²) in [5, 5.41) is 7.38. The molecule has 6 heteroatoms. The molecule has 6 nitrogen and oxygen atoms in total. The van der Waals surface area contributed by atoms with Gasteiger partial charge in [-0.1, -0.05) is 26.0 Å². The molecule has 1 aromatic rings. The molecule has 2 bridgehead atoms. The number of nitrogens with one attached hydrogen (secondary N) is 1. The highest BCUT2D eigenvalue weighted by molar-refractivity contribution is 5.88. The zero-order valence-electron chi connectivity index (χ0n) is 15.9. The van der Waals surface area contributed by atoms with Gasteiger partial charge in [0.25, 0.3) is 0 Å². The Kier molecular flexibility index (Phi) is 6.49. The first-order valence-corrected chi connectivity index (χ1v) is 9.53. The van der Waals surface area contributed by atoms with Crippen molar-refractivity contribution < 1.29 is 14.3 Å². The minimum atomic E-state index is -0.563. The van der Waals surface area contributed by atoms with E-state index in [0.717, 1.165) is 37.9 Å². The quantitative estimate of drug-likeness (QED) is 0.818. The standard InChI is InChI=1S/C19H32N4O2/c1-4-18(2)9-5-6-12-23-14-15(21-22-23)7-10-19(3,17(25)13-20)11-8-16(18)24/h14H,4-13,20H2,1-3H3/p+1/t18-,19+/m0/s1. The van der Waals surface area contributed by atoms with Crippen molar-refractivity contribution in [2.75, 3.05) is 6.54 Å². The average Bonchev–Trinajstić information content (AvgIpc) is 3.07. The van der Waals surface area contributed by atoms with Crippen LogP contribution in [0.15, 0.2) is 6.20 Å². The van der Waals surface area contributed by atoms with Gasteiger partial charge in [0.2, 0.25) is 5.69 Å². The Morgan fingerprint density at radius 3 is 2.68 bits per heavy atom. The van der Waals surface area contributed by atoms with Crippen molar-refractivity contribution in [3.63, 3.8) is 0 Å². The SMILES string of the molecule is CC[C@@]1(C)CCCC[n+]2cc(n[nH]2)CC[C@@](C)(C(=O)CN)CCC1=O. The van der Waals surface area contributed by atoms with Gasteiger partial charge in [0.1, 0.15) is 12.3 Å². The van der Waals surface area contributed by atoms with Gasteiger partial charge in [-0.25, -0.2) is 0 Å². The third-order valence-corrected chi connectivity index (χ3v) is 6.15. The van der Waals surface area contributed by atoms with E-state index < -0.39 is 5.41 Å². The summed E-state index contributed by atoms with van der Waals surface area (Å²) in [7, 11) is 0.